The summed E-state index contributed by atoms with van der Waals surface area (Å²) in [6.45, 7) is 5.00. The second kappa shape index (κ2) is 5.51. The third-order valence-electron chi connectivity index (χ3n) is 4.13. The summed E-state index contributed by atoms with van der Waals surface area (Å²) in [6.07, 6.45) is 2.76. The number of hydrogen-bond donors (Lipinski definition) is 0. The molecule has 4 heteroatoms. The Morgan fingerprint density at radius 2 is 1.90 bits per heavy atom. The van der Waals surface area contributed by atoms with Gasteiger partial charge < -0.3 is 9.64 Å². The van der Waals surface area contributed by atoms with Gasteiger partial charge >= 0.3 is 5.97 Å². The maximum absolute atomic E-state index is 12.1. The molecule has 0 radical (unpaired) electrons. The van der Waals surface area contributed by atoms with Gasteiger partial charge in [0.15, 0.2) is 0 Å². The molecule has 2 aliphatic rings. The smallest absolute Gasteiger partial charge is 0.338 e. The average molecular weight is 287 g/mol. The van der Waals surface area contributed by atoms with Crippen LogP contribution in [0.25, 0.3) is 0 Å². The van der Waals surface area contributed by atoms with Crippen molar-refractivity contribution in [3.63, 3.8) is 0 Å². The molecule has 1 aliphatic carbocycles. The molecule has 4 nitrogen and oxygen atoms in total. The zero-order chi connectivity index (χ0) is 15.0. The second-order valence-electron chi connectivity index (χ2n) is 6.32. The van der Waals surface area contributed by atoms with E-state index in [1.807, 2.05) is 36.9 Å². The predicted octanol–water partition coefficient (Wildman–Crippen LogP) is 2.47. The first-order chi connectivity index (χ1) is 10.0. The molecule has 1 atom stereocenters. The number of aryl methyl sites for hydroxylation is 2. The molecule has 21 heavy (non-hydrogen) atoms. The molecule has 1 amide bonds. The van der Waals surface area contributed by atoms with Crippen LogP contribution in [0.5, 0.6) is 0 Å². The highest BCUT2D eigenvalue weighted by Crippen LogP contribution is 2.32. The number of likely N-dealkylation sites (tertiary alicyclic amines) is 1. The van der Waals surface area contributed by atoms with Crippen molar-refractivity contribution in [1.29, 1.82) is 0 Å². The molecule has 1 saturated carbocycles. The Morgan fingerprint density at radius 3 is 2.52 bits per heavy atom. The highest BCUT2D eigenvalue weighted by Gasteiger charge is 2.39. The first kappa shape index (κ1) is 14.1. The summed E-state index contributed by atoms with van der Waals surface area (Å²) >= 11 is 0. The molecule has 0 aromatic heterocycles. The summed E-state index contributed by atoms with van der Waals surface area (Å²) in [5.74, 6) is 0.0667. The Bertz CT molecular complexity index is 557. The summed E-state index contributed by atoms with van der Waals surface area (Å²) in [6, 6.07) is 6.16. The van der Waals surface area contributed by atoms with Crippen molar-refractivity contribution in [2.75, 3.05) is 13.2 Å². The van der Waals surface area contributed by atoms with Gasteiger partial charge in [-0.25, -0.2) is 4.79 Å². The molecule has 3 rings (SSSR count). The Hall–Kier alpha value is -1.84. The Balaban J connectivity index is 1.55. The number of ether oxygens (including phenoxy) is 1. The van der Waals surface area contributed by atoms with E-state index in [2.05, 4.69) is 0 Å². The molecule has 2 fully saturated rings. The fourth-order valence-electron chi connectivity index (χ4n) is 3.03. The normalized spacial score (nSPS) is 21.7. The van der Waals surface area contributed by atoms with E-state index in [9.17, 15) is 9.59 Å². The average Bonchev–Trinajstić information content (AvgIpc) is 3.19. The topological polar surface area (TPSA) is 46.6 Å². The van der Waals surface area contributed by atoms with E-state index < -0.39 is 0 Å². The van der Waals surface area contributed by atoms with Crippen LogP contribution in [0.4, 0.5) is 0 Å². The van der Waals surface area contributed by atoms with Gasteiger partial charge in [-0.05, 0) is 38.8 Å². The molecule has 0 unspecified atom stereocenters. The SMILES string of the molecule is Cc1cc(C)cc(C(=O)OC[C@@H]2CC(=O)N(C3CC3)C2)c1. The number of nitrogens with zero attached hydrogens (tertiary/aromatic N) is 1. The number of carbonyl (C=O) groups excluding carboxylic acids is 2. The minimum Gasteiger partial charge on any atom is -0.462 e. The van der Waals surface area contributed by atoms with Crippen molar-refractivity contribution in [3.05, 3.63) is 34.9 Å². The molecular formula is C17H21NO3. The lowest BCUT2D eigenvalue weighted by atomic mass is 10.1. The Morgan fingerprint density at radius 1 is 1.24 bits per heavy atom. The monoisotopic (exact) mass is 287 g/mol. The fraction of sp³-hybridized carbons (Fsp3) is 0.529. The first-order valence-corrected chi connectivity index (χ1v) is 7.58. The molecule has 1 heterocycles. The standard InChI is InChI=1S/C17H21NO3/c1-11-5-12(2)7-14(6-11)17(20)21-10-13-8-16(19)18(9-13)15-3-4-15/h5-7,13,15H,3-4,8-10H2,1-2H3/t13-/m1/s1. The van der Waals surface area contributed by atoms with Gasteiger partial charge in [0.25, 0.3) is 0 Å². The van der Waals surface area contributed by atoms with Gasteiger partial charge in [-0.2, -0.15) is 0 Å². The number of esters is 1. The van der Waals surface area contributed by atoms with E-state index in [4.69, 9.17) is 4.74 Å². The maximum Gasteiger partial charge on any atom is 0.338 e. The summed E-state index contributed by atoms with van der Waals surface area (Å²) < 4.78 is 5.40. The van der Waals surface area contributed by atoms with Gasteiger partial charge in [0.2, 0.25) is 5.91 Å². The van der Waals surface area contributed by atoms with Crippen LogP contribution in [0.1, 0.15) is 40.7 Å². The molecule has 1 saturated heterocycles. The number of benzene rings is 1. The second-order valence-corrected chi connectivity index (χ2v) is 6.32. The Kier molecular flexibility index (Phi) is 3.70. The van der Waals surface area contributed by atoms with Crippen LogP contribution in [0.2, 0.25) is 0 Å². The zero-order valence-electron chi connectivity index (χ0n) is 12.6. The molecular weight excluding hydrogens is 266 g/mol. The van der Waals surface area contributed by atoms with Gasteiger partial charge in [0.05, 0.1) is 12.2 Å². The number of hydrogen-bond acceptors (Lipinski definition) is 3. The molecule has 112 valence electrons. The van der Waals surface area contributed by atoms with Crippen LogP contribution in [-0.4, -0.2) is 36.0 Å². The highest BCUT2D eigenvalue weighted by molar-refractivity contribution is 5.90. The minimum absolute atomic E-state index is 0.146. The lowest BCUT2D eigenvalue weighted by Crippen LogP contribution is -2.27. The van der Waals surface area contributed by atoms with Crippen molar-refractivity contribution in [3.8, 4) is 0 Å². The number of carbonyl (C=O) groups is 2. The minimum atomic E-state index is -0.292. The zero-order valence-corrected chi connectivity index (χ0v) is 12.6. The number of amides is 1. The van der Waals surface area contributed by atoms with E-state index in [-0.39, 0.29) is 17.8 Å². The molecule has 1 aromatic carbocycles. The lowest BCUT2D eigenvalue weighted by Gasteiger charge is -2.15. The van der Waals surface area contributed by atoms with Gasteiger partial charge in [-0.3, -0.25) is 4.79 Å². The molecule has 1 aromatic rings. The quantitative estimate of drug-likeness (QED) is 0.799. The third kappa shape index (κ3) is 3.26. The largest absolute Gasteiger partial charge is 0.462 e. The van der Waals surface area contributed by atoms with Crippen LogP contribution >= 0.6 is 0 Å². The lowest BCUT2D eigenvalue weighted by molar-refractivity contribution is -0.128. The van der Waals surface area contributed by atoms with Crippen LogP contribution in [0.15, 0.2) is 18.2 Å². The maximum atomic E-state index is 12.1. The van der Waals surface area contributed by atoms with Crippen molar-refractivity contribution in [2.24, 2.45) is 5.92 Å². The highest BCUT2D eigenvalue weighted by atomic mass is 16.5. The van der Waals surface area contributed by atoms with Gasteiger partial charge in [0.1, 0.15) is 0 Å². The number of rotatable bonds is 4. The summed E-state index contributed by atoms with van der Waals surface area (Å²) in [7, 11) is 0. The van der Waals surface area contributed by atoms with Crippen molar-refractivity contribution < 1.29 is 14.3 Å². The van der Waals surface area contributed by atoms with Crippen LogP contribution in [0, 0.1) is 19.8 Å². The molecule has 1 aliphatic heterocycles. The third-order valence-corrected chi connectivity index (χ3v) is 4.13. The summed E-state index contributed by atoms with van der Waals surface area (Å²) in [4.78, 5) is 25.9. The van der Waals surface area contributed by atoms with Crippen LogP contribution < -0.4 is 0 Å². The van der Waals surface area contributed by atoms with E-state index in [1.54, 1.807) is 0 Å². The van der Waals surface area contributed by atoms with E-state index in [1.165, 1.54) is 0 Å². The van der Waals surface area contributed by atoms with Crippen LogP contribution in [-0.2, 0) is 9.53 Å². The van der Waals surface area contributed by atoms with E-state index in [0.717, 1.165) is 30.5 Å². The predicted molar refractivity (Wildman–Crippen MR) is 79.0 cm³/mol. The molecule has 0 N–H and O–H groups in total. The Labute approximate surface area is 125 Å². The first-order valence-electron chi connectivity index (χ1n) is 7.58. The van der Waals surface area contributed by atoms with Crippen LogP contribution in [0.3, 0.4) is 0 Å². The fourth-order valence-corrected chi connectivity index (χ4v) is 3.03. The van der Waals surface area contributed by atoms with Crippen molar-refractivity contribution >= 4 is 11.9 Å². The summed E-state index contributed by atoms with van der Waals surface area (Å²) in [5.41, 5.74) is 2.70. The summed E-state index contributed by atoms with van der Waals surface area (Å²) in [5, 5.41) is 0. The molecule has 0 spiro atoms. The van der Waals surface area contributed by atoms with Gasteiger partial charge in [-0.1, -0.05) is 17.2 Å². The van der Waals surface area contributed by atoms with E-state index in [0.29, 0.717) is 24.6 Å². The van der Waals surface area contributed by atoms with Crippen molar-refractivity contribution in [1.82, 2.24) is 4.90 Å². The van der Waals surface area contributed by atoms with Crippen molar-refractivity contribution in [2.45, 2.75) is 39.2 Å². The van der Waals surface area contributed by atoms with Gasteiger partial charge in [-0.15, -0.1) is 0 Å². The van der Waals surface area contributed by atoms with E-state index >= 15 is 0 Å². The molecule has 0 bridgehead atoms. The van der Waals surface area contributed by atoms with Gasteiger partial charge in [0, 0.05) is 24.9 Å².